The molecule has 0 atom stereocenters. The second-order valence-corrected chi connectivity index (χ2v) is 4.33. The van der Waals surface area contributed by atoms with Crippen LogP contribution in [0.1, 0.15) is 10.4 Å². The van der Waals surface area contributed by atoms with E-state index in [-0.39, 0.29) is 5.69 Å². The first-order valence-corrected chi connectivity index (χ1v) is 5.75. The van der Waals surface area contributed by atoms with Crippen LogP contribution in [0.25, 0.3) is 21.5 Å². The van der Waals surface area contributed by atoms with E-state index < -0.39 is 4.92 Å². The molecular formula is C15H9NO3. The van der Waals surface area contributed by atoms with Crippen molar-refractivity contribution in [3.63, 3.8) is 0 Å². The fraction of sp³-hybridized carbons (Fsp3) is 0. The molecule has 0 N–H and O–H groups in total. The van der Waals surface area contributed by atoms with Crippen molar-refractivity contribution in [2.45, 2.75) is 0 Å². The van der Waals surface area contributed by atoms with Crippen molar-refractivity contribution >= 4 is 33.5 Å². The molecule has 0 saturated heterocycles. The summed E-state index contributed by atoms with van der Waals surface area (Å²) in [4.78, 5) is 21.4. The minimum atomic E-state index is -0.421. The summed E-state index contributed by atoms with van der Waals surface area (Å²) in [6.45, 7) is 0. The van der Waals surface area contributed by atoms with E-state index in [1.165, 1.54) is 12.1 Å². The number of carbonyl (C=O) groups is 1. The van der Waals surface area contributed by atoms with E-state index in [2.05, 4.69) is 0 Å². The molecule has 19 heavy (non-hydrogen) atoms. The van der Waals surface area contributed by atoms with E-state index in [4.69, 9.17) is 0 Å². The van der Waals surface area contributed by atoms with Crippen LogP contribution in [0, 0.1) is 10.1 Å². The SMILES string of the molecule is O=Cc1cccc2cc3ccc([N+](=O)[O-])cc3cc12. The van der Waals surface area contributed by atoms with E-state index in [9.17, 15) is 14.9 Å². The molecule has 3 aromatic carbocycles. The Balaban J connectivity index is 2.39. The van der Waals surface area contributed by atoms with Gasteiger partial charge in [-0.3, -0.25) is 14.9 Å². The van der Waals surface area contributed by atoms with Gasteiger partial charge in [-0.25, -0.2) is 0 Å². The summed E-state index contributed by atoms with van der Waals surface area (Å²) in [6.07, 6.45) is 0.797. The molecule has 0 aliphatic heterocycles. The molecule has 0 aromatic heterocycles. The lowest BCUT2D eigenvalue weighted by atomic mass is 10.00. The molecule has 0 bridgehead atoms. The summed E-state index contributed by atoms with van der Waals surface area (Å²) in [7, 11) is 0. The third-order valence-corrected chi connectivity index (χ3v) is 3.19. The Labute approximate surface area is 108 Å². The fourth-order valence-corrected chi connectivity index (χ4v) is 2.25. The van der Waals surface area contributed by atoms with Crippen LogP contribution in [-0.2, 0) is 0 Å². The maximum Gasteiger partial charge on any atom is 0.270 e. The van der Waals surface area contributed by atoms with E-state index in [1.807, 2.05) is 24.3 Å². The molecule has 0 saturated carbocycles. The average molecular weight is 251 g/mol. The van der Waals surface area contributed by atoms with Gasteiger partial charge < -0.3 is 0 Å². The van der Waals surface area contributed by atoms with Crippen molar-refractivity contribution in [1.29, 1.82) is 0 Å². The van der Waals surface area contributed by atoms with Gasteiger partial charge in [0.2, 0.25) is 0 Å². The number of aldehydes is 1. The highest BCUT2D eigenvalue weighted by Crippen LogP contribution is 2.27. The van der Waals surface area contributed by atoms with Gasteiger partial charge in [-0.1, -0.05) is 18.2 Å². The number of fused-ring (bicyclic) bond motifs is 2. The highest BCUT2D eigenvalue weighted by atomic mass is 16.6. The second kappa shape index (κ2) is 4.17. The van der Waals surface area contributed by atoms with Crippen molar-refractivity contribution in [3.05, 3.63) is 64.2 Å². The van der Waals surface area contributed by atoms with Gasteiger partial charge in [0.25, 0.3) is 5.69 Å². The summed E-state index contributed by atoms with van der Waals surface area (Å²) in [5, 5.41) is 14.2. The molecule has 92 valence electrons. The Morgan fingerprint density at radius 1 is 0.947 bits per heavy atom. The van der Waals surface area contributed by atoms with E-state index in [1.54, 1.807) is 12.1 Å². The molecule has 0 amide bonds. The third-order valence-electron chi connectivity index (χ3n) is 3.19. The van der Waals surface area contributed by atoms with Gasteiger partial charge >= 0.3 is 0 Å². The number of nitrogens with zero attached hydrogens (tertiary/aromatic N) is 1. The van der Waals surface area contributed by atoms with Crippen LogP contribution in [-0.4, -0.2) is 11.2 Å². The quantitative estimate of drug-likeness (QED) is 0.302. The minimum Gasteiger partial charge on any atom is -0.298 e. The Hall–Kier alpha value is -2.75. The third kappa shape index (κ3) is 1.83. The molecule has 4 heteroatoms. The number of rotatable bonds is 2. The molecule has 3 rings (SSSR count). The second-order valence-electron chi connectivity index (χ2n) is 4.33. The topological polar surface area (TPSA) is 60.2 Å². The summed E-state index contributed by atoms with van der Waals surface area (Å²) in [6, 6.07) is 14.0. The maximum atomic E-state index is 11.0. The number of hydrogen-bond acceptors (Lipinski definition) is 3. The van der Waals surface area contributed by atoms with Crippen LogP contribution < -0.4 is 0 Å². The van der Waals surface area contributed by atoms with Gasteiger partial charge in [-0.15, -0.1) is 0 Å². The van der Waals surface area contributed by atoms with Crippen molar-refractivity contribution in [3.8, 4) is 0 Å². The largest absolute Gasteiger partial charge is 0.298 e. The number of carbonyl (C=O) groups excluding carboxylic acids is 1. The molecule has 0 unspecified atom stereocenters. The highest BCUT2D eigenvalue weighted by molar-refractivity contribution is 6.05. The Morgan fingerprint density at radius 2 is 1.79 bits per heavy atom. The molecular weight excluding hydrogens is 242 g/mol. The monoisotopic (exact) mass is 251 g/mol. The minimum absolute atomic E-state index is 0.0513. The molecule has 0 fully saturated rings. The highest BCUT2D eigenvalue weighted by Gasteiger charge is 2.08. The number of nitro benzene ring substituents is 1. The van der Waals surface area contributed by atoms with Gasteiger partial charge in [0.15, 0.2) is 6.29 Å². The zero-order valence-electron chi connectivity index (χ0n) is 9.87. The molecule has 4 nitrogen and oxygen atoms in total. The van der Waals surface area contributed by atoms with E-state index in [0.717, 1.165) is 27.8 Å². The van der Waals surface area contributed by atoms with Crippen LogP contribution in [0.4, 0.5) is 5.69 Å². The van der Waals surface area contributed by atoms with Gasteiger partial charge in [-0.05, 0) is 39.7 Å². The number of hydrogen-bond donors (Lipinski definition) is 0. The van der Waals surface area contributed by atoms with Crippen LogP contribution in [0.3, 0.4) is 0 Å². The molecule has 0 aliphatic carbocycles. The zero-order chi connectivity index (χ0) is 13.4. The molecule has 0 aliphatic rings. The Kier molecular flexibility index (Phi) is 2.49. The first-order chi connectivity index (χ1) is 9.19. The number of nitro groups is 1. The first kappa shape index (κ1) is 11.3. The van der Waals surface area contributed by atoms with Crippen molar-refractivity contribution in [1.82, 2.24) is 0 Å². The summed E-state index contributed by atoms with van der Waals surface area (Å²) in [5.74, 6) is 0. The predicted molar refractivity (Wildman–Crippen MR) is 73.5 cm³/mol. The molecule has 0 spiro atoms. The van der Waals surface area contributed by atoms with Crippen molar-refractivity contribution in [2.75, 3.05) is 0 Å². The van der Waals surface area contributed by atoms with Crippen LogP contribution in [0.2, 0.25) is 0 Å². The van der Waals surface area contributed by atoms with Crippen LogP contribution in [0.5, 0.6) is 0 Å². The van der Waals surface area contributed by atoms with E-state index in [0.29, 0.717) is 5.56 Å². The van der Waals surface area contributed by atoms with Gasteiger partial charge in [0, 0.05) is 17.7 Å². The lowest BCUT2D eigenvalue weighted by molar-refractivity contribution is -0.384. The summed E-state index contributed by atoms with van der Waals surface area (Å²) < 4.78 is 0. The first-order valence-electron chi connectivity index (χ1n) is 5.75. The van der Waals surface area contributed by atoms with Crippen molar-refractivity contribution in [2.24, 2.45) is 0 Å². The predicted octanol–water partition coefficient (Wildman–Crippen LogP) is 3.71. The maximum absolute atomic E-state index is 11.0. The van der Waals surface area contributed by atoms with Crippen molar-refractivity contribution < 1.29 is 9.72 Å². The molecule has 3 aromatic rings. The molecule has 0 heterocycles. The van der Waals surface area contributed by atoms with Gasteiger partial charge in [-0.2, -0.15) is 0 Å². The van der Waals surface area contributed by atoms with Gasteiger partial charge in [0.05, 0.1) is 4.92 Å². The van der Waals surface area contributed by atoms with Gasteiger partial charge in [0.1, 0.15) is 0 Å². The fourth-order valence-electron chi connectivity index (χ4n) is 2.25. The zero-order valence-corrected chi connectivity index (χ0v) is 9.87. The average Bonchev–Trinajstić information content (AvgIpc) is 2.43. The number of non-ortho nitro benzene ring substituents is 1. The summed E-state index contributed by atoms with van der Waals surface area (Å²) >= 11 is 0. The number of benzene rings is 3. The standard InChI is InChI=1S/C15H9NO3/c17-9-12-3-1-2-11-6-10-4-5-14(16(18)19)7-13(10)8-15(11)12/h1-9H. The lowest BCUT2D eigenvalue weighted by Gasteiger charge is -2.04. The smallest absolute Gasteiger partial charge is 0.270 e. The van der Waals surface area contributed by atoms with E-state index >= 15 is 0 Å². The Bertz CT molecular complexity index is 824. The summed E-state index contributed by atoms with van der Waals surface area (Å²) in [5.41, 5.74) is 0.640. The van der Waals surface area contributed by atoms with Crippen LogP contribution in [0.15, 0.2) is 48.5 Å². The lowest BCUT2D eigenvalue weighted by Crippen LogP contribution is -1.88. The molecule has 0 radical (unpaired) electrons. The van der Waals surface area contributed by atoms with Crippen LogP contribution >= 0.6 is 0 Å². The normalized spacial score (nSPS) is 10.7. The Morgan fingerprint density at radius 3 is 2.53 bits per heavy atom.